The monoisotopic (exact) mass is 445 g/mol. The van der Waals surface area contributed by atoms with Crippen molar-refractivity contribution < 1.29 is 13.2 Å². The molecule has 160 valence electrons. The Kier molecular flexibility index (Phi) is 6.77. The summed E-state index contributed by atoms with van der Waals surface area (Å²) in [4.78, 5) is 19.2. The number of hydrogen-bond acceptors (Lipinski definition) is 6. The van der Waals surface area contributed by atoms with Gasteiger partial charge in [-0.3, -0.25) is 14.6 Å². The van der Waals surface area contributed by atoms with Crippen molar-refractivity contribution in [3.05, 3.63) is 54.6 Å². The second-order valence-corrected chi connectivity index (χ2v) is 11.2. The molecule has 2 aliphatic rings. The van der Waals surface area contributed by atoms with E-state index >= 15 is 0 Å². The summed E-state index contributed by atoms with van der Waals surface area (Å²) < 4.78 is 23.4. The molecule has 2 aromatic carbocycles. The highest BCUT2D eigenvalue weighted by Crippen LogP contribution is 2.33. The number of benzene rings is 2. The van der Waals surface area contributed by atoms with Gasteiger partial charge in [0, 0.05) is 42.0 Å². The van der Waals surface area contributed by atoms with Crippen molar-refractivity contribution in [2.24, 2.45) is 0 Å². The Morgan fingerprint density at radius 1 is 1.00 bits per heavy atom. The van der Waals surface area contributed by atoms with Crippen molar-refractivity contribution in [1.82, 2.24) is 9.80 Å². The van der Waals surface area contributed by atoms with Crippen molar-refractivity contribution in [1.29, 1.82) is 0 Å². The first-order valence-electron chi connectivity index (χ1n) is 10.3. The Bertz CT molecular complexity index is 974. The van der Waals surface area contributed by atoms with Crippen LogP contribution in [0.4, 0.5) is 5.69 Å². The van der Waals surface area contributed by atoms with E-state index in [0.717, 1.165) is 48.1 Å². The number of anilines is 1. The number of nitrogens with one attached hydrogen (secondary N) is 1. The van der Waals surface area contributed by atoms with Crippen molar-refractivity contribution in [3.8, 4) is 0 Å². The number of para-hydroxylation sites is 1. The van der Waals surface area contributed by atoms with Crippen LogP contribution >= 0.6 is 11.8 Å². The molecule has 1 atom stereocenters. The number of carbonyl (C=O) groups is 1. The molecule has 4 rings (SSSR count). The second-order valence-electron chi connectivity index (χ2n) is 7.83. The number of piperazine rings is 1. The molecule has 1 amide bonds. The minimum absolute atomic E-state index is 0.0204. The van der Waals surface area contributed by atoms with Crippen LogP contribution < -0.4 is 5.32 Å². The Morgan fingerprint density at radius 3 is 2.40 bits per heavy atom. The van der Waals surface area contributed by atoms with Crippen LogP contribution in [0.3, 0.4) is 0 Å². The van der Waals surface area contributed by atoms with Gasteiger partial charge in [0.15, 0.2) is 9.84 Å². The zero-order valence-electron chi connectivity index (χ0n) is 16.9. The summed E-state index contributed by atoms with van der Waals surface area (Å²) in [5.74, 6) is 0.567. The highest BCUT2D eigenvalue weighted by atomic mass is 32.2. The molecule has 0 spiro atoms. The average molecular weight is 446 g/mol. The number of rotatable bonds is 6. The largest absolute Gasteiger partial charge is 0.324 e. The van der Waals surface area contributed by atoms with E-state index < -0.39 is 9.84 Å². The Balaban J connectivity index is 1.29. The zero-order chi connectivity index (χ0) is 21.0. The number of carbonyl (C=O) groups excluding carboxylic acids is 1. The normalized spacial score (nSPS) is 22.1. The maximum absolute atomic E-state index is 12.7. The van der Waals surface area contributed by atoms with Crippen LogP contribution in [0.1, 0.15) is 6.42 Å². The zero-order valence-corrected chi connectivity index (χ0v) is 18.5. The molecule has 0 aromatic heterocycles. The summed E-state index contributed by atoms with van der Waals surface area (Å²) in [7, 11) is -2.86. The highest BCUT2D eigenvalue weighted by Gasteiger charge is 2.33. The van der Waals surface area contributed by atoms with Gasteiger partial charge in [-0.25, -0.2) is 8.42 Å². The Labute approximate surface area is 182 Å². The second kappa shape index (κ2) is 9.51. The van der Waals surface area contributed by atoms with Crippen molar-refractivity contribution >= 4 is 33.2 Å². The van der Waals surface area contributed by atoms with Gasteiger partial charge in [0.25, 0.3) is 0 Å². The number of nitrogens with zero attached hydrogens (tertiary/aromatic N) is 2. The molecule has 2 fully saturated rings. The summed E-state index contributed by atoms with van der Waals surface area (Å²) in [6.07, 6.45) is 0.735. The van der Waals surface area contributed by atoms with Crippen molar-refractivity contribution in [2.75, 3.05) is 49.5 Å². The minimum Gasteiger partial charge on any atom is -0.324 e. The van der Waals surface area contributed by atoms with Gasteiger partial charge >= 0.3 is 0 Å². The molecule has 0 bridgehead atoms. The van der Waals surface area contributed by atoms with E-state index in [-0.39, 0.29) is 17.7 Å². The summed E-state index contributed by atoms with van der Waals surface area (Å²) in [6.45, 7) is 3.54. The topological polar surface area (TPSA) is 69.7 Å². The quantitative estimate of drug-likeness (QED) is 0.737. The van der Waals surface area contributed by atoms with Crippen LogP contribution in [0.15, 0.2) is 64.4 Å². The average Bonchev–Trinajstić information content (AvgIpc) is 3.10. The fourth-order valence-electron chi connectivity index (χ4n) is 4.02. The summed E-state index contributed by atoms with van der Waals surface area (Å²) >= 11 is 1.63. The van der Waals surface area contributed by atoms with Crippen LogP contribution in [0.25, 0.3) is 0 Å². The lowest BCUT2D eigenvalue weighted by Gasteiger charge is -2.37. The molecular formula is C22H27N3O3S2. The smallest absolute Gasteiger partial charge is 0.238 e. The van der Waals surface area contributed by atoms with Gasteiger partial charge in [-0.05, 0) is 30.7 Å². The van der Waals surface area contributed by atoms with Crippen LogP contribution in [0.2, 0.25) is 0 Å². The van der Waals surface area contributed by atoms with E-state index in [2.05, 4.69) is 27.2 Å². The van der Waals surface area contributed by atoms with Gasteiger partial charge in [0.05, 0.1) is 23.7 Å². The van der Waals surface area contributed by atoms with E-state index in [1.165, 1.54) is 0 Å². The Morgan fingerprint density at radius 2 is 1.70 bits per heavy atom. The van der Waals surface area contributed by atoms with Crippen LogP contribution in [-0.4, -0.2) is 74.4 Å². The third-order valence-corrected chi connectivity index (χ3v) is 8.47. The van der Waals surface area contributed by atoms with Gasteiger partial charge in [-0.2, -0.15) is 0 Å². The number of amides is 1. The molecule has 30 heavy (non-hydrogen) atoms. The van der Waals surface area contributed by atoms with E-state index in [0.29, 0.717) is 12.3 Å². The first-order chi connectivity index (χ1) is 14.5. The molecule has 2 heterocycles. The third kappa shape index (κ3) is 5.63. The molecule has 2 aromatic rings. The van der Waals surface area contributed by atoms with Crippen molar-refractivity contribution in [2.45, 2.75) is 22.3 Å². The lowest BCUT2D eigenvalue weighted by Crippen LogP contribution is -2.52. The molecular weight excluding hydrogens is 418 g/mol. The molecule has 2 saturated heterocycles. The van der Waals surface area contributed by atoms with E-state index in [4.69, 9.17) is 0 Å². The van der Waals surface area contributed by atoms with Crippen LogP contribution in [-0.2, 0) is 14.6 Å². The van der Waals surface area contributed by atoms with Gasteiger partial charge in [0.2, 0.25) is 5.91 Å². The first-order valence-corrected chi connectivity index (χ1v) is 12.9. The molecule has 8 heteroatoms. The van der Waals surface area contributed by atoms with Crippen LogP contribution in [0, 0.1) is 0 Å². The maximum Gasteiger partial charge on any atom is 0.238 e. The van der Waals surface area contributed by atoms with Gasteiger partial charge in [-0.15, -0.1) is 0 Å². The van der Waals surface area contributed by atoms with E-state index in [1.54, 1.807) is 11.8 Å². The standard InChI is InChI=1S/C22H27N3O3S2/c26-22(16-24-11-13-25(14-12-24)18-10-15-30(27,28)17-18)23-20-8-4-5-9-21(20)29-19-6-2-1-3-7-19/h1-9,18H,10-17H2,(H,23,26). The van der Waals surface area contributed by atoms with Crippen molar-refractivity contribution in [3.63, 3.8) is 0 Å². The Hall–Kier alpha value is -1.87. The summed E-state index contributed by atoms with van der Waals surface area (Å²) in [5, 5.41) is 3.06. The van der Waals surface area contributed by atoms with Gasteiger partial charge < -0.3 is 5.32 Å². The summed E-state index contributed by atoms with van der Waals surface area (Å²) in [5.41, 5.74) is 0.825. The predicted octanol–water partition coefficient (Wildman–Crippen LogP) is 2.58. The molecule has 0 aliphatic carbocycles. The van der Waals surface area contributed by atoms with Gasteiger partial charge in [-0.1, -0.05) is 42.1 Å². The number of sulfone groups is 1. The van der Waals surface area contributed by atoms with Gasteiger partial charge in [0.1, 0.15) is 0 Å². The molecule has 2 aliphatic heterocycles. The fraction of sp³-hybridized carbons (Fsp3) is 0.409. The molecule has 6 nitrogen and oxygen atoms in total. The SMILES string of the molecule is O=C(CN1CCN(C2CCS(=O)(=O)C2)CC1)Nc1ccccc1Sc1ccccc1. The van der Waals surface area contributed by atoms with Crippen LogP contribution in [0.5, 0.6) is 0 Å². The molecule has 0 radical (unpaired) electrons. The predicted molar refractivity (Wildman–Crippen MR) is 121 cm³/mol. The van der Waals surface area contributed by atoms with E-state index in [1.807, 2.05) is 42.5 Å². The maximum atomic E-state index is 12.7. The molecule has 1 unspecified atom stereocenters. The lowest BCUT2D eigenvalue weighted by atomic mass is 10.2. The van der Waals surface area contributed by atoms with E-state index in [9.17, 15) is 13.2 Å². The molecule has 0 saturated carbocycles. The number of hydrogen-bond donors (Lipinski definition) is 1. The molecule has 1 N–H and O–H groups in total. The fourth-order valence-corrected chi connectivity index (χ4v) is 6.70. The first kappa shape index (κ1) is 21.4. The highest BCUT2D eigenvalue weighted by molar-refractivity contribution is 7.99. The minimum atomic E-state index is -2.86. The summed E-state index contributed by atoms with van der Waals surface area (Å²) in [6, 6.07) is 18.1. The lowest BCUT2D eigenvalue weighted by molar-refractivity contribution is -0.117. The third-order valence-electron chi connectivity index (χ3n) is 5.63.